The molecule has 244 valence electrons. The number of ether oxygens (including phenoxy) is 2. The number of rotatable bonds is 5. The number of likely N-dealkylation sites (tertiary alicyclic amines) is 1. The molecule has 3 heterocycles. The lowest BCUT2D eigenvalue weighted by molar-refractivity contribution is -0.159. The summed E-state index contributed by atoms with van der Waals surface area (Å²) in [6.07, 6.45) is 7.21. The molecule has 3 aliphatic heterocycles. The van der Waals surface area contributed by atoms with E-state index in [0.717, 1.165) is 31.2 Å². The van der Waals surface area contributed by atoms with Crippen LogP contribution in [0.2, 0.25) is 0 Å². The lowest BCUT2D eigenvalue weighted by Gasteiger charge is -2.32. The number of allylic oxidation sites excluding steroid dienone is 1. The fourth-order valence-corrected chi connectivity index (χ4v) is 7.05. The van der Waals surface area contributed by atoms with E-state index in [2.05, 4.69) is 5.32 Å². The highest BCUT2D eigenvalue weighted by molar-refractivity contribution is 5.96. The second kappa shape index (κ2) is 13.2. The Bertz CT molecular complexity index is 1320. The molecule has 5 rings (SSSR count). The van der Waals surface area contributed by atoms with Gasteiger partial charge in [-0.15, -0.1) is 0 Å². The van der Waals surface area contributed by atoms with Gasteiger partial charge in [0.25, 0.3) is 0 Å². The summed E-state index contributed by atoms with van der Waals surface area (Å²) >= 11 is 0. The number of carbonyl (C=O) groups is 5. The zero-order valence-electron chi connectivity index (χ0n) is 26.4. The van der Waals surface area contributed by atoms with Crippen LogP contribution >= 0.6 is 0 Å². The zero-order chi connectivity index (χ0) is 32.4. The molecular formula is C34H45N3O8. The van der Waals surface area contributed by atoms with Gasteiger partial charge in [0.1, 0.15) is 23.8 Å². The molecule has 4 aliphatic rings. The average Bonchev–Trinajstić information content (AvgIpc) is 3.33. The van der Waals surface area contributed by atoms with E-state index in [4.69, 9.17) is 9.47 Å². The van der Waals surface area contributed by atoms with E-state index in [9.17, 15) is 29.1 Å². The smallest absolute Gasteiger partial charge is 0.410 e. The van der Waals surface area contributed by atoms with E-state index >= 15 is 0 Å². The number of benzene rings is 1. The van der Waals surface area contributed by atoms with Gasteiger partial charge in [0.2, 0.25) is 11.8 Å². The van der Waals surface area contributed by atoms with Crippen LogP contribution in [0.3, 0.4) is 0 Å². The van der Waals surface area contributed by atoms with Crippen molar-refractivity contribution in [2.24, 2.45) is 23.7 Å². The molecule has 1 aromatic rings. The van der Waals surface area contributed by atoms with Gasteiger partial charge in [-0.2, -0.15) is 0 Å². The Morgan fingerprint density at radius 2 is 1.80 bits per heavy atom. The molecule has 0 aromatic heterocycles. The maximum atomic E-state index is 14.2. The summed E-state index contributed by atoms with van der Waals surface area (Å²) < 4.78 is 11.1. The molecule has 6 atom stereocenters. The molecule has 0 bridgehead atoms. The Labute approximate surface area is 264 Å². The van der Waals surface area contributed by atoms with Gasteiger partial charge < -0.3 is 29.7 Å². The number of aliphatic carboxylic acids is 1. The third kappa shape index (κ3) is 7.50. The van der Waals surface area contributed by atoms with Gasteiger partial charge in [-0.3, -0.25) is 14.4 Å². The normalized spacial score (nSPS) is 31.0. The van der Waals surface area contributed by atoms with Gasteiger partial charge in [-0.25, -0.2) is 9.59 Å². The predicted octanol–water partition coefficient (Wildman–Crippen LogP) is 3.91. The third-order valence-electron chi connectivity index (χ3n) is 9.40. The highest BCUT2D eigenvalue weighted by Crippen LogP contribution is 2.46. The van der Waals surface area contributed by atoms with Crippen LogP contribution in [-0.4, -0.2) is 81.6 Å². The second-order valence-electron chi connectivity index (χ2n) is 13.9. The molecule has 3 fully saturated rings. The van der Waals surface area contributed by atoms with Crippen molar-refractivity contribution in [2.75, 3.05) is 19.6 Å². The number of fused-ring (bicyclic) bond motifs is 4. The molecule has 2 N–H and O–H groups in total. The van der Waals surface area contributed by atoms with Crippen molar-refractivity contribution in [1.82, 2.24) is 15.1 Å². The Kier molecular flexibility index (Phi) is 9.55. The fraction of sp³-hybridized carbons (Fsp3) is 0.618. The molecule has 0 unspecified atom stereocenters. The van der Waals surface area contributed by atoms with Crippen LogP contribution in [0, 0.1) is 23.7 Å². The minimum atomic E-state index is -1.43. The van der Waals surface area contributed by atoms with Crippen LogP contribution in [0.1, 0.15) is 71.3 Å². The molecule has 0 spiro atoms. The lowest BCUT2D eigenvalue weighted by Crippen LogP contribution is -2.56. The Hall–Kier alpha value is -3.89. The molecule has 3 amide bonds. The maximum Gasteiger partial charge on any atom is 0.410 e. The topological polar surface area (TPSA) is 143 Å². The number of amides is 3. The van der Waals surface area contributed by atoms with Crippen molar-refractivity contribution in [3.63, 3.8) is 0 Å². The summed E-state index contributed by atoms with van der Waals surface area (Å²) in [7, 11) is 0. The van der Waals surface area contributed by atoms with Gasteiger partial charge in [-0.05, 0) is 52.0 Å². The van der Waals surface area contributed by atoms with Crippen LogP contribution in [0.4, 0.5) is 4.79 Å². The van der Waals surface area contributed by atoms with Crippen LogP contribution in [0.15, 0.2) is 42.5 Å². The summed E-state index contributed by atoms with van der Waals surface area (Å²) in [6.45, 7) is 6.16. The van der Waals surface area contributed by atoms with E-state index in [1.165, 1.54) is 4.90 Å². The number of esters is 1. The second-order valence-corrected chi connectivity index (χ2v) is 13.9. The summed E-state index contributed by atoms with van der Waals surface area (Å²) in [6, 6.07) is 8.35. The van der Waals surface area contributed by atoms with Crippen LogP contribution in [0.25, 0.3) is 0 Å². The molecule has 45 heavy (non-hydrogen) atoms. The van der Waals surface area contributed by atoms with Crippen molar-refractivity contribution in [3.8, 4) is 0 Å². The monoisotopic (exact) mass is 623 g/mol. The standard InChI is InChI=1S/C34H45N3O8/c1-33(2,3)45-27(38)16-23-14-10-5-4-6-11-15-25-17-34(25,31(41)42)35-29(39)28-26-20-36(18-24(26)19-37(28)30(23)40)32(43)44-21-22-12-8-7-9-13-22/h7-9,11-13,15,23-26,28H,4-6,10,14,16-21H2,1-3H3,(H,35,39)(H,41,42)/b15-11-/t23-,24-,25+,26-,28-,34+/m0/s1. The van der Waals surface area contributed by atoms with Crippen molar-refractivity contribution >= 4 is 29.8 Å². The Morgan fingerprint density at radius 3 is 2.51 bits per heavy atom. The Balaban J connectivity index is 1.38. The first-order chi connectivity index (χ1) is 21.4. The van der Waals surface area contributed by atoms with Gasteiger partial charge >= 0.3 is 18.0 Å². The summed E-state index contributed by atoms with van der Waals surface area (Å²) in [5, 5.41) is 12.9. The van der Waals surface area contributed by atoms with Gasteiger partial charge in [0.15, 0.2) is 0 Å². The highest BCUT2D eigenvalue weighted by Gasteiger charge is 2.62. The quantitative estimate of drug-likeness (QED) is 0.372. The number of nitrogens with one attached hydrogen (secondary N) is 1. The molecule has 2 saturated heterocycles. The first-order valence-corrected chi connectivity index (χ1v) is 16.1. The van der Waals surface area contributed by atoms with Gasteiger partial charge in [0, 0.05) is 43.3 Å². The summed E-state index contributed by atoms with van der Waals surface area (Å²) in [4.78, 5) is 69.7. The van der Waals surface area contributed by atoms with Crippen molar-refractivity contribution < 1.29 is 38.6 Å². The van der Waals surface area contributed by atoms with Gasteiger partial charge in [-0.1, -0.05) is 55.3 Å². The number of hydrogen-bond acceptors (Lipinski definition) is 7. The Morgan fingerprint density at radius 1 is 1.04 bits per heavy atom. The van der Waals surface area contributed by atoms with Gasteiger partial charge in [0.05, 0.1) is 6.42 Å². The number of hydrogen-bond donors (Lipinski definition) is 2. The van der Waals surface area contributed by atoms with Crippen molar-refractivity contribution in [3.05, 3.63) is 48.0 Å². The summed E-state index contributed by atoms with van der Waals surface area (Å²) in [5.41, 5.74) is -1.28. The molecule has 1 saturated carbocycles. The first-order valence-electron chi connectivity index (χ1n) is 16.1. The minimum Gasteiger partial charge on any atom is -0.479 e. The fourth-order valence-electron chi connectivity index (χ4n) is 7.05. The van der Waals surface area contributed by atoms with E-state index < -0.39 is 53.0 Å². The first kappa shape index (κ1) is 32.5. The SMILES string of the molecule is CC(C)(C)OC(=O)C[C@@H]1CCCCC/C=C\[C@@H]2C[C@@]2(C(=O)O)NC(=O)[C@@H]2[C@H]3CN(C(=O)OCc4ccccc4)C[C@H]3CN2C1=O. The van der Waals surface area contributed by atoms with E-state index in [-0.39, 0.29) is 50.3 Å². The predicted molar refractivity (Wildman–Crippen MR) is 163 cm³/mol. The molecular weight excluding hydrogens is 578 g/mol. The third-order valence-corrected chi connectivity index (χ3v) is 9.40. The van der Waals surface area contributed by atoms with Crippen molar-refractivity contribution in [2.45, 2.75) is 89.5 Å². The zero-order valence-corrected chi connectivity index (χ0v) is 26.4. The molecule has 0 radical (unpaired) electrons. The van der Waals surface area contributed by atoms with Crippen molar-refractivity contribution in [1.29, 1.82) is 0 Å². The maximum absolute atomic E-state index is 14.2. The summed E-state index contributed by atoms with van der Waals surface area (Å²) in [5.74, 6) is -4.05. The van der Waals surface area contributed by atoms with E-state index in [1.54, 1.807) is 25.7 Å². The average molecular weight is 624 g/mol. The van der Waals surface area contributed by atoms with E-state index in [1.807, 2.05) is 42.5 Å². The molecule has 1 aliphatic carbocycles. The number of carbonyl (C=O) groups excluding carboxylic acids is 4. The highest BCUT2D eigenvalue weighted by atomic mass is 16.6. The minimum absolute atomic E-state index is 0.102. The molecule has 1 aromatic carbocycles. The molecule has 11 nitrogen and oxygen atoms in total. The number of carboxylic acids is 1. The van der Waals surface area contributed by atoms with E-state index in [0.29, 0.717) is 13.0 Å². The van der Waals surface area contributed by atoms with Crippen LogP contribution in [0.5, 0.6) is 0 Å². The number of carboxylic acid groups (broad SMARTS) is 1. The number of nitrogens with zero attached hydrogens (tertiary/aromatic N) is 2. The lowest BCUT2D eigenvalue weighted by atomic mass is 9.92. The molecule has 11 heteroatoms. The van der Waals surface area contributed by atoms with Crippen LogP contribution < -0.4 is 5.32 Å². The largest absolute Gasteiger partial charge is 0.479 e. The van der Waals surface area contributed by atoms with Crippen LogP contribution in [-0.2, 0) is 35.3 Å².